The van der Waals surface area contributed by atoms with Gasteiger partial charge < -0.3 is 4.90 Å². The van der Waals surface area contributed by atoms with E-state index in [1.165, 1.54) is 23.3 Å². The Labute approximate surface area is 169 Å². The average Bonchev–Trinajstić information content (AvgIpc) is 3.41. The minimum atomic E-state index is -3.51. The Morgan fingerprint density at radius 3 is 2.61 bits per heavy atom. The predicted octanol–water partition coefficient (Wildman–Crippen LogP) is 3.21. The number of hydrogen-bond acceptors (Lipinski definition) is 4. The fourth-order valence-electron chi connectivity index (χ4n) is 4.95. The van der Waals surface area contributed by atoms with E-state index in [0.29, 0.717) is 17.9 Å². The van der Waals surface area contributed by atoms with Gasteiger partial charge in [-0.3, -0.25) is 4.79 Å². The smallest absolute Gasteiger partial charge is 0.264 e. The van der Waals surface area contributed by atoms with E-state index in [4.69, 9.17) is 0 Å². The lowest BCUT2D eigenvalue weighted by Crippen LogP contribution is -2.47. The number of nitrogens with one attached hydrogen (secondary N) is 1. The summed E-state index contributed by atoms with van der Waals surface area (Å²) in [5.41, 5.74) is 1.36. The van der Waals surface area contributed by atoms with Crippen LogP contribution in [0.1, 0.15) is 45.8 Å². The zero-order valence-electron chi connectivity index (χ0n) is 15.6. The van der Waals surface area contributed by atoms with Gasteiger partial charge in [0, 0.05) is 23.5 Å². The van der Waals surface area contributed by atoms with Crippen LogP contribution in [0.2, 0.25) is 0 Å². The Morgan fingerprint density at radius 2 is 1.89 bits per heavy atom. The van der Waals surface area contributed by atoms with Gasteiger partial charge in [-0.25, -0.2) is 13.1 Å². The van der Waals surface area contributed by atoms with E-state index in [0.717, 1.165) is 24.1 Å². The highest BCUT2D eigenvalue weighted by atomic mass is 32.2. The van der Waals surface area contributed by atoms with Crippen molar-refractivity contribution in [1.29, 1.82) is 0 Å². The Kier molecular flexibility index (Phi) is 4.56. The molecule has 3 aliphatic rings. The molecule has 1 amide bonds. The summed E-state index contributed by atoms with van der Waals surface area (Å²) in [6.07, 6.45) is 6.22. The third kappa shape index (κ3) is 3.19. The number of benzene rings is 1. The minimum absolute atomic E-state index is 0.0872. The molecule has 1 saturated carbocycles. The van der Waals surface area contributed by atoms with Crippen LogP contribution in [-0.4, -0.2) is 37.9 Å². The summed E-state index contributed by atoms with van der Waals surface area (Å²) in [5, 5.41) is 0. The molecule has 148 valence electrons. The SMILES string of the molecule is O=C(c1cc2c(s1)CCCC2)N1C[C@@H]2C[C@H]1C[C@@H]2NS(=O)(=O)c1ccccc1. The number of likely N-dealkylation sites (tertiary alicyclic amines) is 1. The molecular formula is C21H24N2O3S2. The maximum absolute atomic E-state index is 13.1. The molecule has 2 heterocycles. The Bertz CT molecular complexity index is 976. The number of carbonyl (C=O) groups excluding carboxylic acids is 1. The molecule has 28 heavy (non-hydrogen) atoms. The van der Waals surface area contributed by atoms with Crippen molar-refractivity contribution in [3.05, 3.63) is 51.7 Å². The lowest BCUT2D eigenvalue weighted by Gasteiger charge is -2.31. The van der Waals surface area contributed by atoms with Crippen LogP contribution in [0.4, 0.5) is 0 Å². The van der Waals surface area contributed by atoms with Crippen LogP contribution >= 0.6 is 11.3 Å². The normalized spacial score (nSPS) is 26.4. The van der Waals surface area contributed by atoms with Crippen LogP contribution in [0.15, 0.2) is 41.3 Å². The lowest BCUT2D eigenvalue weighted by molar-refractivity contribution is 0.0696. The topological polar surface area (TPSA) is 66.5 Å². The molecule has 0 spiro atoms. The van der Waals surface area contributed by atoms with Gasteiger partial charge in [-0.2, -0.15) is 0 Å². The average molecular weight is 417 g/mol. The molecule has 5 nitrogen and oxygen atoms in total. The van der Waals surface area contributed by atoms with Crippen molar-refractivity contribution >= 4 is 27.3 Å². The van der Waals surface area contributed by atoms with Gasteiger partial charge in [0.05, 0.1) is 9.77 Å². The fraction of sp³-hybridized carbons (Fsp3) is 0.476. The second-order valence-electron chi connectivity index (χ2n) is 8.15. The third-order valence-corrected chi connectivity index (χ3v) is 9.10. The highest BCUT2D eigenvalue weighted by Crippen LogP contribution is 2.40. The van der Waals surface area contributed by atoms with Crippen molar-refractivity contribution in [1.82, 2.24) is 9.62 Å². The second kappa shape index (κ2) is 6.97. The first-order chi connectivity index (χ1) is 13.5. The van der Waals surface area contributed by atoms with E-state index >= 15 is 0 Å². The molecule has 1 N–H and O–H groups in total. The zero-order chi connectivity index (χ0) is 19.3. The van der Waals surface area contributed by atoms with Crippen molar-refractivity contribution in [3.8, 4) is 0 Å². The van der Waals surface area contributed by atoms with E-state index in [2.05, 4.69) is 10.8 Å². The number of amides is 1. The molecule has 1 aromatic carbocycles. The summed E-state index contributed by atoms with van der Waals surface area (Å²) in [7, 11) is -3.51. The van der Waals surface area contributed by atoms with Crippen molar-refractivity contribution < 1.29 is 13.2 Å². The highest BCUT2D eigenvalue weighted by Gasteiger charge is 2.48. The Hall–Kier alpha value is -1.70. The number of hydrogen-bond donors (Lipinski definition) is 1. The number of fused-ring (bicyclic) bond motifs is 3. The van der Waals surface area contributed by atoms with Crippen LogP contribution in [0.3, 0.4) is 0 Å². The molecule has 1 aliphatic heterocycles. The molecule has 2 aliphatic carbocycles. The number of rotatable bonds is 4. The molecule has 0 radical (unpaired) electrons. The van der Waals surface area contributed by atoms with E-state index in [1.54, 1.807) is 35.6 Å². The number of sulfonamides is 1. The molecule has 3 atom stereocenters. The first kappa shape index (κ1) is 18.3. The highest BCUT2D eigenvalue weighted by molar-refractivity contribution is 7.89. The van der Waals surface area contributed by atoms with Gasteiger partial charge >= 0.3 is 0 Å². The Morgan fingerprint density at radius 1 is 1.11 bits per heavy atom. The number of aryl methyl sites for hydroxylation is 2. The summed E-state index contributed by atoms with van der Waals surface area (Å²) >= 11 is 1.66. The molecule has 1 aromatic heterocycles. The van der Waals surface area contributed by atoms with Crippen LogP contribution in [-0.2, 0) is 22.9 Å². The second-order valence-corrected chi connectivity index (χ2v) is 11.0. The maximum Gasteiger partial charge on any atom is 0.264 e. The third-order valence-electron chi connectivity index (χ3n) is 6.37. The van der Waals surface area contributed by atoms with Crippen LogP contribution in [0, 0.1) is 5.92 Å². The number of piperidine rings is 1. The van der Waals surface area contributed by atoms with E-state index in [-0.39, 0.29) is 23.9 Å². The summed E-state index contributed by atoms with van der Waals surface area (Å²) < 4.78 is 28.1. The van der Waals surface area contributed by atoms with Crippen LogP contribution in [0.25, 0.3) is 0 Å². The molecule has 5 rings (SSSR count). The standard InChI is InChI=1S/C21H24N2O3S2/c24-21(20-11-14-6-4-5-9-19(14)27-20)23-13-15-10-16(23)12-18(15)22-28(25,26)17-7-2-1-3-8-17/h1-3,7-8,11,15-16,18,22H,4-6,9-10,12-13H2/t15-,16-,18-/m0/s1. The van der Waals surface area contributed by atoms with Crippen molar-refractivity contribution in [2.24, 2.45) is 5.92 Å². The van der Waals surface area contributed by atoms with E-state index < -0.39 is 10.0 Å². The van der Waals surface area contributed by atoms with Gasteiger partial charge in [-0.05, 0) is 68.2 Å². The fourth-order valence-corrected chi connectivity index (χ4v) is 7.50. The summed E-state index contributed by atoms with van der Waals surface area (Å²) in [6.45, 7) is 0.647. The van der Waals surface area contributed by atoms with Gasteiger partial charge in [0.1, 0.15) is 0 Å². The maximum atomic E-state index is 13.1. The quantitative estimate of drug-likeness (QED) is 0.832. The summed E-state index contributed by atoms with van der Waals surface area (Å²) in [4.78, 5) is 17.6. The Balaban J connectivity index is 1.27. The summed E-state index contributed by atoms with van der Waals surface area (Å²) in [6, 6.07) is 10.7. The van der Waals surface area contributed by atoms with Crippen molar-refractivity contribution in [2.75, 3.05) is 6.54 Å². The first-order valence-electron chi connectivity index (χ1n) is 10.0. The molecule has 0 unspecified atom stereocenters. The molecule has 1 saturated heterocycles. The predicted molar refractivity (Wildman–Crippen MR) is 109 cm³/mol. The van der Waals surface area contributed by atoms with Gasteiger partial charge in [-0.15, -0.1) is 11.3 Å². The van der Waals surface area contributed by atoms with Gasteiger partial charge in [0.15, 0.2) is 0 Å². The molecule has 2 fully saturated rings. The number of nitrogens with zero attached hydrogens (tertiary/aromatic N) is 1. The first-order valence-corrected chi connectivity index (χ1v) is 12.3. The monoisotopic (exact) mass is 416 g/mol. The summed E-state index contributed by atoms with van der Waals surface area (Å²) in [5.74, 6) is 0.332. The minimum Gasteiger partial charge on any atom is -0.335 e. The van der Waals surface area contributed by atoms with Gasteiger partial charge in [0.2, 0.25) is 10.0 Å². The number of thiophene rings is 1. The largest absolute Gasteiger partial charge is 0.335 e. The molecular weight excluding hydrogens is 392 g/mol. The van der Waals surface area contributed by atoms with E-state index in [1.807, 2.05) is 11.0 Å². The van der Waals surface area contributed by atoms with Gasteiger partial charge in [-0.1, -0.05) is 18.2 Å². The van der Waals surface area contributed by atoms with Crippen LogP contribution in [0.5, 0.6) is 0 Å². The molecule has 7 heteroatoms. The lowest BCUT2D eigenvalue weighted by atomic mass is 9.99. The molecule has 2 bridgehead atoms. The van der Waals surface area contributed by atoms with Gasteiger partial charge in [0.25, 0.3) is 5.91 Å². The van der Waals surface area contributed by atoms with Crippen molar-refractivity contribution in [3.63, 3.8) is 0 Å². The van der Waals surface area contributed by atoms with E-state index in [9.17, 15) is 13.2 Å². The van der Waals surface area contributed by atoms with Crippen LogP contribution < -0.4 is 4.72 Å². The van der Waals surface area contributed by atoms with Crippen molar-refractivity contribution in [2.45, 2.75) is 55.5 Å². The molecule has 2 aromatic rings. The zero-order valence-corrected chi connectivity index (χ0v) is 17.3. The number of carbonyl (C=O) groups is 1.